The molecule has 142 valence electrons. The number of imidazole rings is 1. The largest absolute Gasteiger partial charge is 1.00 e. The Morgan fingerprint density at radius 1 is 1.46 bits per heavy atom. The third kappa shape index (κ3) is 3.39. The number of amides is 1. The number of nitrogens with zero attached hydrogens (tertiary/aromatic N) is 4. The predicted molar refractivity (Wildman–Crippen MR) is 96.2 cm³/mol. The van der Waals surface area contributed by atoms with E-state index in [1.54, 1.807) is 19.3 Å². The van der Waals surface area contributed by atoms with Crippen molar-refractivity contribution in [3.63, 3.8) is 0 Å². The van der Waals surface area contributed by atoms with E-state index in [0.717, 1.165) is 11.3 Å². The van der Waals surface area contributed by atoms with Crippen molar-refractivity contribution < 1.29 is 49.4 Å². The molecule has 0 spiro atoms. The van der Waals surface area contributed by atoms with Gasteiger partial charge in [0.05, 0.1) is 41.6 Å². The fourth-order valence-corrected chi connectivity index (χ4v) is 5.24. The molecule has 1 fully saturated rings. The van der Waals surface area contributed by atoms with Gasteiger partial charge in [-0.05, 0) is 6.92 Å². The topological polar surface area (TPSA) is 111 Å². The summed E-state index contributed by atoms with van der Waals surface area (Å²) in [7, 11) is 0. The van der Waals surface area contributed by atoms with Crippen LogP contribution in [0.4, 0.5) is 0 Å². The summed E-state index contributed by atoms with van der Waals surface area (Å²) in [5.74, 6) is -1.77. The molecule has 4 heterocycles. The maximum atomic E-state index is 12.3. The van der Waals surface area contributed by atoms with Gasteiger partial charge in [-0.2, -0.15) is 0 Å². The Balaban J connectivity index is 0.00000225. The number of aromatic nitrogens is 3. The van der Waals surface area contributed by atoms with Crippen LogP contribution in [0.5, 0.6) is 0 Å². The van der Waals surface area contributed by atoms with Gasteiger partial charge in [-0.1, -0.05) is 6.92 Å². The average Bonchev–Trinajstić information content (AvgIpc) is 3.12. The third-order valence-corrected chi connectivity index (χ3v) is 6.52. The summed E-state index contributed by atoms with van der Waals surface area (Å²) in [6.07, 6.45) is 6.95. The molecule has 2 aromatic heterocycles. The quantitative estimate of drug-likeness (QED) is 0.395. The first-order valence-corrected chi connectivity index (χ1v) is 9.75. The normalized spacial score (nSPS) is 24.8. The van der Waals surface area contributed by atoms with Gasteiger partial charge in [0.25, 0.3) is 0 Å². The van der Waals surface area contributed by atoms with E-state index in [-0.39, 0.29) is 53.1 Å². The first kappa shape index (κ1) is 21.3. The fourth-order valence-electron chi connectivity index (χ4n) is 3.99. The molecular formula is C18H19N4NaO4S. The van der Waals surface area contributed by atoms with Crippen molar-refractivity contribution in [1.82, 2.24) is 19.3 Å². The molecule has 0 aromatic carbocycles. The molecule has 4 atom stereocenters. The van der Waals surface area contributed by atoms with Crippen LogP contribution in [0.3, 0.4) is 0 Å². The zero-order chi connectivity index (χ0) is 19.3. The van der Waals surface area contributed by atoms with Gasteiger partial charge in [0.2, 0.25) is 5.91 Å². The minimum atomic E-state index is -1.34. The van der Waals surface area contributed by atoms with Gasteiger partial charge in [0, 0.05) is 41.6 Å². The third-order valence-electron chi connectivity index (χ3n) is 5.23. The summed E-state index contributed by atoms with van der Waals surface area (Å²) in [5.41, 5.74) is 1.60. The second kappa shape index (κ2) is 8.16. The van der Waals surface area contributed by atoms with Crippen LogP contribution >= 0.6 is 11.8 Å². The zero-order valence-electron chi connectivity index (χ0n) is 15.9. The Morgan fingerprint density at radius 2 is 2.21 bits per heavy atom. The van der Waals surface area contributed by atoms with Crippen molar-refractivity contribution in [2.75, 3.05) is 5.75 Å². The van der Waals surface area contributed by atoms with Crippen molar-refractivity contribution in [1.29, 1.82) is 0 Å². The van der Waals surface area contributed by atoms with Gasteiger partial charge in [-0.25, -0.2) is 4.98 Å². The molecule has 0 radical (unpaired) electrons. The molecule has 1 saturated heterocycles. The number of aliphatic hydroxyl groups excluding tert-OH is 1. The van der Waals surface area contributed by atoms with E-state index >= 15 is 0 Å². The molecule has 10 heteroatoms. The Hall–Kier alpha value is -1.39. The monoisotopic (exact) mass is 410 g/mol. The minimum absolute atomic E-state index is 0. The number of β-lactam (4-membered cyclic amide) rings is 1. The van der Waals surface area contributed by atoms with Crippen LogP contribution in [0.25, 0.3) is 5.65 Å². The van der Waals surface area contributed by atoms with Gasteiger partial charge < -0.3 is 24.3 Å². The molecule has 8 nitrogen and oxygen atoms in total. The number of rotatable bonds is 6. The van der Waals surface area contributed by atoms with Crippen LogP contribution in [-0.2, 0) is 16.0 Å². The number of hydrogen-bond acceptors (Lipinski definition) is 7. The molecule has 2 aliphatic heterocycles. The number of carbonyl (C=O) groups is 2. The standard InChI is InChI=1S/C18H20N4O4S.Na/c1-9-14-13(10(2)23)17(24)22(14)15(18(25)26)16(9)27-6-3-11-8-21-5-4-19-7-12(21)20-11;/h4-5,7-10,13-14,23H,3,6H2,1-2H3,(H,25,26);/q;+1/p-1/t9-,10-,13-,14-;/m1./s1. The van der Waals surface area contributed by atoms with Crippen LogP contribution in [0, 0.1) is 11.8 Å². The molecule has 0 saturated carbocycles. The molecule has 4 rings (SSSR count). The maximum Gasteiger partial charge on any atom is 1.00 e. The van der Waals surface area contributed by atoms with E-state index in [4.69, 9.17) is 0 Å². The van der Waals surface area contributed by atoms with Gasteiger partial charge >= 0.3 is 29.6 Å². The minimum Gasteiger partial charge on any atom is -0.543 e. The Morgan fingerprint density at radius 3 is 2.86 bits per heavy atom. The van der Waals surface area contributed by atoms with E-state index < -0.39 is 18.0 Å². The number of aliphatic hydroxyl groups is 1. The van der Waals surface area contributed by atoms with Crippen molar-refractivity contribution in [3.8, 4) is 0 Å². The maximum absolute atomic E-state index is 12.3. The summed E-state index contributed by atoms with van der Waals surface area (Å²) in [5, 5.41) is 21.5. The Bertz CT molecular complexity index is 927. The summed E-state index contributed by atoms with van der Waals surface area (Å²) in [6, 6.07) is -0.311. The predicted octanol–water partition coefficient (Wildman–Crippen LogP) is -3.17. The molecule has 1 amide bonds. The summed E-state index contributed by atoms with van der Waals surface area (Å²) in [6.45, 7) is 3.46. The summed E-state index contributed by atoms with van der Waals surface area (Å²) in [4.78, 5) is 34.4. The smallest absolute Gasteiger partial charge is 0.543 e. The van der Waals surface area contributed by atoms with Crippen LogP contribution in [0.1, 0.15) is 19.5 Å². The van der Waals surface area contributed by atoms with Crippen molar-refractivity contribution in [2.45, 2.75) is 32.4 Å². The molecule has 0 unspecified atom stereocenters. The molecule has 0 bridgehead atoms. The number of hydrogen-bond donors (Lipinski definition) is 1. The molecule has 2 aliphatic rings. The Kier molecular flexibility index (Phi) is 6.21. The zero-order valence-corrected chi connectivity index (χ0v) is 18.7. The summed E-state index contributed by atoms with van der Waals surface area (Å²) < 4.78 is 1.88. The van der Waals surface area contributed by atoms with Crippen molar-refractivity contribution in [3.05, 3.63) is 41.1 Å². The van der Waals surface area contributed by atoms with E-state index in [1.807, 2.05) is 23.7 Å². The number of aliphatic carboxylic acids is 1. The van der Waals surface area contributed by atoms with E-state index in [1.165, 1.54) is 16.7 Å². The molecular weight excluding hydrogens is 391 g/mol. The van der Waals surface area contributed by atoms with Crippen LogP contribution in [-0.4, -0.2) is 54.2 Å². The summed E-state index contributed by atoms with van der Waals surface area (Å²) >= 11 is 1.41. The second-order valence-electron chi connectivity index (χ2n) is 6.93. The van der Waals surface area contributed by atoms with Crippen molar-refractivity contribution >= 4 is 29.3 Å². The number of thioether (sulfide) groups is 1. The van der Waals surface area contributed by atoms with Gasteiger partial charge in [0.1, 0.15) is 0 Å². The Labute approximate surface area is 188 Å². The average molecular weight is 410 g/mol. The number of carbonyl (C=O) groups excluding carboxylic acids is 2. The second-order valence-corrected chi connectivity index (χ2v) is 8.06. The molecule has 2 aromatic rings. The van der Waals surface area contributed by atoms with Gasteiger partial charge in [0.15, 0.2) is 5.65 Å². The molecule has 0 aliphatic carbocycles. The SMILES string of the molecule is C[C@@H](O)[C@H]1C(=O)N2C(C(=O)[O-])=C(SCCc3cn4ccncc4n3)[C@H](C)[C@H]12.[Na+]. The number of carboxylic acid groups (broad SMARTS) is 1. The van der Waals surface area contributed by atoms with E-state index in [2.05, 4.69) is 9.97 Å². The molecule has 28 heavy (non-hydrogen) atoms. The first-order chi connectivity index (χ1) is 12.9. The van der Waals surface area contributed by atoms with E-state index in [0.29, 0.717) is 17.1 Å². The number of aryl methyl sites for hydroxylation is 1. The fraction of sp³-hybridized carbons (Fsp3) is 0.444. The van der Waals surface area contributed by atoms with Crippen LogP contribution in [0.15, 0.2) is 35.4 Å². The number of carboxylic acids is 1. The molecule has 1 N–H and O–H groups in total. The van der Waals surface area contributed by atoms with Gasteiger partial charge in [-0.15, -0.1) is 11.8 Å². The first-order valence-electron chi connectivity index (χ1n) is 8.77. The number of fused-ring (bicyclic) bond motifs is 2. The van der Waals surface area contributed by atoms with Crippen LogP contribution in [0.2, 0.25) is 0 Å². The van der Waals surface area contributed by atoms with Crippen molar-refractivity contribution in [2.24, 2.45) is 11.8 Å². The van der Waals surface area contributed by atoms with Crippen LogP contribution < -0.4 is 34.7 Å². The van der Waals surface area contributed by atoms with Gasteiger partial charge in [-0.3, -0.25) is 9.78 Å². The van der Waals surface area contributed by atoms with E-state index in [9.17, 15) is 19.8 Å².